The van der Waals surface area contributed by atoms with Crippen LogP contribution in [0.5, 0.6) is 0 Å². The second-order valence-corrected chi connectivity index (χ2v) is 5.30. The molecule has 0 radical (unpaired) electrons. The fraction of sp³-hybridized carbons (Fsp3) is 0.923. The Morgan fingerprint density at radius 2 is 1.88 bits per heavy atom. The maximum Gasteiger partial charge on any atom is 0.103 e. The molecule has 0 aliphatic carbocycles. The van der Waals surface area contributed by atoms with Gasteiger partial charge in [0, 0.05) is 26.2 Å². The lowest BCUT2D eigenvalue weighted by atomic mass is 9.97. The highest BCUT2D eigenvalue weighted by atomic mass is 15.2. The molecule has 1 aliphatic rings. The second kappa shape index (κ2) is 6.95. The Morgan fingerprint density at radius 1 is 1.24 bits per heavy atom. The highest BCUT2D eigenvalue weighted by Gasteiger charge is 2.20. The van der Waals surface area contributed by atoms with Gasteiger partial charge in [-0.3, -0.25) is 0 Å². The van der Waals surface area contributed by atoms with Gasteiger partial charge < -0.3 is 15.1 Å². The molecule has 1 atom stereocenters. The van der Waals surface area contributed by atoms with Crippen molar-refractivity contribution < 1.29 is 0 Å². The van der Waals surface area contributed by atoms with Gasteiger partial charge in [-0.25, -0.2) is 0 Å². The van der Waals surface area contributed by atoms with Crippen LogP contribution in [-0.2, 0) is 0 Å². The van der Waals surface area contributed by atoms with Crippen molar-refractivity contribution in [2.24, 2.45) is 0 Å². The topological polar surface area (TPSA) is 42.3 Å². The predicted octanol–water partition coefficient (Wildman–Crippen LogP) is 0.906. The molecular weight excluding hydrogens is 212 g/mol. The van der Waals surface area contributed by atoms with Gasteiger partial charge in [0.25, 0.3) is 0 Å². The van der Waals surface area contributed by atoms with E-state index in [1.165, 1.54) is 39.1 Å². The molecule has 4 heteroatoms. The van der Waals surface area contributed by atoms with Crippen molar-refractivity contribution in [2.75, 3.05) is 46.8 Å². The summed E-state index contributed by atoms with van der Waals surface area (Å²) < 4.78 is 0. The molecule has 1 fully saturated rings. The third kappa shape index (κ3) is 5.03. The second-order valence-electron chi connectivity index (χ2n) is 5.30. The third-order valence-corrected chi connectivity index (χ3v) is 3.80. The third-order valence-electron chi connectivity index (χ3n) is 3.80. The van der Waals surface area contributed by atoms with E-state index in [2.05, 4.69) is 28.2 Å². The fourth-order valence-electron chi connectivity index (χ4n) is 2.12. The molecule has 0 aromatic carbocycles. The molecular formula is C13H26N4. The van der Waals surface area contributed by atoms with Crippen LogP contribution >= 0.6 is 0 Å². The van der Waals surface area contributed by atoms with E-state index in [1.807, 2.05) is 14.0 Å². The highest BCUT2D eigenvalue weighted by molar-refractivity contribution is 5.02. The summed E-state index contributed by atoms with van der Waals surface area (Å²) in [7, 11) is 4.05. The molecule has 17 heavy (non-hydrogen) atoms. The molecule has 4 nitrogen and oxygen atoms in total. The first-order chi connectivity index (χ1) is 8.09. The van der Waals surface area contributed by atoms with Crippen molar-refractivity contribution >= 4 is 0 Å². The van der Waals surface area contributed by atoms with Crippen LogP contribution in [0.25, 0.3) is 0 Å². The number of rotatable bonds is 6. The Bertz CT molecular complexity index is 253. The highest BCUT2D eigenvalue weighted by Crippen LogP contribution is 2.12. The molecule has 0 bridgehead atoms. The number of nitrogens with zero attached hydrogens (tertiary/aromatic N) is 3. The SMILES string of the molecule is CNC(C)(C#N)CCCCN1CCN(C)CC1. The predicted molar refractivity (Wildman–Crippen MR) is 70.9 cm³/mol. The molecule has 0 aromatic rings. The molecule has 1 heterocycles. The number of piperazine rings is 1. The minimum atomic E-state index is -0.345. The normalized spacial score (nSPS) is 22.0. The summed E-state index contributed by atoms with van der Waals surface area (Å²) in [5.41, 5.74) is -0.345. The van der Waals surface area contributed by atoms with Gasteiger partial charge in [0.15, 0.2) is 0 Å². The summed E-state index contributed by atoms with van der Waals surface area (Å²) in [5.74, 6) is 0. The number of unbranched alkanes of at least 4 members (excludes halogenated alkanes) is 1. The number of hydrogen-bond acceptors (Lipinski definition) is 4. The van der Waals surface area contributed by atoms with Crippen molar-refractivity contribution in [1.82, 2.24) is 15.1 Å². The van der Waals surface area contributed by atoms with Crippen LogP contribution in [0, 0.1) is 11.3 Å². The maximum atomic E-state index is 9.03. The number of likely N-dealkylation sites (N-methyl/N-ethyl adjacent to an activating group) is 1. The molecule has 1 rings (SSSR count). The number of hydrogen-bond donors (Lipinski definition) is 1. The van der Waals surface area contributed by atoms with E-state index in [4.69, 9.17) is 5.26 Å². The molecule has 98 valence electrons. The summed E-state index contributed by atoms with van der Waals surface area (Å²) in [5, 5.41) is 12.1. The molecule has 0 aromatic heterocycles. The molecule has 0 amide bonds. The van der Waals surface area contributed by atoms with E-state index >= 15 is 0 Å². The number of nitriles is 1. The molecule has 0 saturated carbocycles. The van der Waals surface area contributed by atoms with Crippen LogP contribution in [0.15, 0.2) is 0 Å². The van der Waals surface area contributed by atoms with Crippen LogP contribution in [0.4, 0.5) is 0 Å². The Hall–Kier alpha value is -0.630. The first-order valence-electron chi connectivity index (χ1n) is 6.61. The van der Waals surface area contributed by atoms with Crippen LogP contribution in [0.1, 0.15) is 26.2 Å². The zero-order chi connectivity index (χ0) is 12.7. The van der Waals surface area contributed by atoms with Crippen molar-refractivity contribution in [1.29, 1.82) is 5.26 Å². The van der Waals surface area contributed by atoms with Crippen molar-refractivity contribution in [3.63, 3.8) is 0 Å². The summed E-state index contributed by atoms with van der Waals surface area (Å²) in [6.45, 7) is 7.91. The van der Waals surface area contributed by atoms with Crippen molar-refractivity contribution in [2.45, 2.75) is 31.7 Å². The summed E-state index contributed by atoms with van der Waals surface area (Å²) in [6, 6.07) is 2.34. The summed E-state index contributed by atoms with van der Waals surface area (Å²) >= 11 is 0. The van der Waals surface area contributed by atoms with Gasteiger partial charge in [-0.1, -0.05) is 0 Å². The molecule has 1 aliphatic heterocycles. The first-order valence-corrected chi connectivity index (χ1v) is 6.61. The van der Waals surface area contributed by atoms with Crippen LogP contribution in [0.2, 0.25) is 0 Å². The Kier molecular flexibility index (Phi) is 5.90. The van der Waals surface area contributed by atoms with Gasteiger partial charge >= 0.3 is 0 Å². The Balaban J connectivity index is 2.10. The minimum absolute atomic E-state index is 0.345. The lowest BCUT2D eigenvalue weighted by Crippen LogP contribution is -2.44. The van der Waals surface area contributed by atoms with E-state index in [0.717, 1.165) is 12.8 Å². The van der Waals surface area contributed by atoms with Gasteiger partial charge in [-0.2, -0.15) is 5.26 Å². The van der Waals surface area contributed by atoms with Gasteiger partial charge in [-0.15, -0.1) is 0 Å². The smallest absolute Gasteiger partial charge is 0.103 e. The van der Waals surface area contributed by atoms with Gasteiger partial charge in [0.1, 0.15) is 5.54 Å². The Labute approximate surface area is 106 Å². The fourth-order valence-corrected chi connectivity index (χ4v) is 2.12. The largest absolute Gasteiger partial charge is 0.304 e. The minimum Gasteiger partial charge on any atom is -0.304 e. The van der Waals surface area contributed by atoms with Crippen LogP contribution in [-0.4, -0.2) is 62.2 Å². The van der Waals surface area contributed by atoms with Crippen molar-refractivity contribution in [3.05, 3.63) is 0 Å². The van der Waals surface area contributed by atoms with Crippen LogP contribution in [0.3, 0.4) is 0 Å². The zero-order valence-electron chi connectivity index (χ0n) is 11.5. The first kappa shape index (κ1) is 14.4. The lowest BCUT2D eigenvalue weighted by Gasteiger charge is -2.32. The average molecular weight is 238 g/mol. The van der Waals surface area contributed by atoms with Crippen molar-refractivity contribution in [3.8, 4) is 6.07 Å². The summed E-state index contributed by atoms with van der Waals surface area (Å²) in [4.78, 5) is 4.91. The molecule has 1 saturated heterocycles. The van der Waals surface area contributed by atoms with Gasteiger partial charge in [-0.05, 0) is 46.8 Å². The van der Waals surface area contributed by atoms with E-state index in [9.17, 15) is 0 Å². The van der Waals surface area contributed by atoms with E-state index in [1.54, 1.807) is 0 Å². The van der Waals surface area contributed by atoms with E-state index in [0.29, 0.717) is 0 Å². The number of nitrogens with one attached hydrogen (secondary N) is 1. The maximum absolute atomic E-state index is 9.03. The molecule has 0 spiro atoms. The summed E-state index contributed by atoms with van der Waals surface area (Å²) in [6.07, 6.45) is 3.26. The van der Waals surface area contributed by atoms with Gasteiger partial charge in [0.2, 0.25) is 0 Å². The lowest BCUT2D eigenvalue weighted by molar-refractivity contribution is 0.151. The molecule has 1 N–H and O–H groups in total. The standard InChI is InChI=1S/C13H26N4/c1-13(12-14,15-2)6-4-5-7-17-10-8-16(3)9-11-17/h15H,4-11H2,1-3H3. The zero-order valence-corrected chi connectivity index (χ0v) is 11.5. The van der Waals surface area contributed by atoms with E-state index in [-0.39, 0.29) is 5.54 Å². The molecule has 1 unspecified atom stereocenters. The Morgan fingerprint density at radius 3 is 2.41 bits per heavy atom. The van der Waals surface area contributed by atoms with Crippen LogP contribution < -0.4 is 5.32 Å². The monoisotopic (exact) mass is 238 g/mol. The average Bonchev–Trinajstić information content (AvgIpc) is 2.36. The van der Waals surface area contributed by atoms with Gasteiger partial charge in [0.05, 0.1) is 6.07 Å². The quantitative estimate of drug-likeness (QED) is 0.698. The van der Waals surface area contributed by atoms with E-state index < -0.39 is 0 Å².